The number of carbonyl (C=O) groups excluding carboxylic acids is 1. The van der Waals surface area contributed by atoms with Crippen LogP contribution in [0.1, 0.15) is 16.0 Å². The minimum absolute atomic E-state index is 0.0850. The number of hydrogen-bond donors (Lipinski definition) is 2. The highest BCUT2D eigenvalue weighted by molar-refractivity contribution is 7.18. The molecule has 3 heterocycles. The Kier molecular flexibility index (Phi) is 4.47. The summed E-state index contributed by atoms with van der Waals surface area (Å²) >= 11 is 1.64. The van der Waals surface area contributed by atoms with E-state index in [-0.39, 0.29) is 12.5 Å². The van der Waals surface area contributed by atoms with Gasteiger partial charge in [-0.3, -0.25) is 9.78 Å². The van der Waals surface area contributed by atoms with Crippen molar-refractivity contribution in [2.45, 2.75) is 20.4 Å². The lowest BCUT2D eigenvalue weighted by Gasteiger charge is -2.08. The van der Waals surface area contributed by atoms with Crippen LogP contribution in [-0.4, -0.2) is 27.4 Å². The fourth-order valence-electron chi connectivity index (χ4n) is 2.24. The molecule has 7 heteroatoms. The summed E-state index contributed by atoms with van der Waals surface area (Å²) in [5.74, 6) is 0.620. The third kappa shape index (κ3) is 3.45. The first kappa shape index (κ1) is 15.4. The van der Waals surface area contributed by atoms with Crippen LogP contribution in [0.4, 0.5) is 5.82 Å². The second-order valence-corrected chi connectivity index (χ2v) is 6.37. The molecule has 0 unspecified atom stereocenters. The van der Waals surface area contributed by atoms with Crippen molar-refractivity contribution in [1.29, 1.82) is 0 Å². The average molecular weight is 327 g/mol. The smallest absolute Gasteiger partial charge is 0.239 e. The van der Waals surface area contributed by atoms with Gasteiger partial charge in [-0.1, -0.05) is 0 Å². The monoisotopic (exact) mass is 327 g/mol. The molecule has 0 saturated heterocycles. The van der Waals surface area contributed by atoms with Gasteiger partial charge in [0.15, 0.2) is 0 Å². The zero-order valence-corrected chi connectivity index (χ0v) is 13.8. The Morgan fingerprint density at radius 3 is 2.78 bits per heavy atom. The molecule has 3 rings (SSSR count). The fraction of sp³-hybridized carbons (Fsp3) is 0.250. The number of aromatic nitrogens is 3. The SMILES string of the molecule is Cc1sc2ncnc(NCC(=O)NCc3ccncc3)c2c1C. The molecular formula is C16H17N5OS. The number of anilines is 1. The number of nitrogens with zero attached hydrogens (tertiary/aromatic N) is 3. The largest absolute Gasteiger partial charge is 0.360 e. The first-order valence-electron chi connectivity index (χ1n) is 7.25. The molecule has 3 aromatic heterocycles. The Bertz CT molecular complexity index is 831. The third-order valence-corrected chi connectivity index (χ3v) is 4.74. The van der Waals surface area contributed by atoms with Gasteiger partial charge in [0.05, 0.1) is 11.9 Å². The molecule has 0 aliphatic carbocycles. The van der Waals surface area contributed by atoms with Crippen LogP contribution in [0.2, 0.25) is 0 Å². The molecule has 1 amide bonds. The van der Waals surface area contributed by atoms with Crippen LogP contribution in [0.25, 0.3) is 10.2 Å². The van der Waals surface area contributed by atoms with Crippen LogP contribution >= 0.6 is 11.3 Å². The Morgan fingerprint density at radius 1 is 1.22 bits per heavy atom. The van der Waals surface area contributed by atoms with E-state index in [2.05, 4.69) is 32.5 Å². The van der Waals surface area contributed by atoms with E-state index in [0.29, 0.717) is 12.4 Å². The Labute approximate surface area is 138 Å². The molecule has 0 aliphatic rings. The van der Waals surface area contributed by atoms with Gasteiger partial charge in [-0.15, -0.1) is 11.3 Å². The first-order valence-corrected chi connectivity index (χ1v) is 8.07. The predicted molar refractivity (Wildman–Crippen MR) is 91.5 cm³/mol. The fourth-order valence-corrected chi connectivity index (χ4v) is 3.24. The minimum atomic E-state index is -0.0850. The van der Waals surface area contributed by atoms with Crippen molar-refractivity contribution in [1.82, 2.24) is 20.3 Å². The molecule has 0 radical (unpaired) electrons. The van der Waals surface area contributed by atoms with Crippen LogP contribution in [0.5, 0.6) is 0 Å². The molecule has 0 spiro atoms. The van der Waals surface area contributed by atoms with Gasteiger partial charge in [0.25, 0.3) is 0 Å². The maximum absolute atomic E-state index is 12.0. The summed E-state index contributed by atoms with van der Waals surface area (Å²) in [5, 5.41) is 6.97. The lowest BCUT2D eigenvalue weighted by Crippen LogP contribution is -2.29. The Hall–Kier alpha value is -2.54. The predicted octanol–water partition coefficient (Wildman–Crippen LogP) is 2.43. The summed E-state index contributed by atoms with van der Waals surface area (Å²) in [6.07, 6.45) is 4.94. The topological polar surface area (TPSA) is 79.8 Å². The van der Waals surface area contributed by atoms with E-state index in [1.165, 1.54) is 11.2 Å². The second-order valence-electron chi connectivity index (χ2n) is 5.17. The van der Waals surface area contributed by atoms with Crippen LogP contribution in [0.15, 0.2) is 30.9 Å². The standard InChI is InChI=1S/C16H17N5OS/c1-10-11(2)23-16-14(10)15(20-9-21-16)19-8-13(22)18-7-12-3-5-17-6-4-12/h3-6,9H,7-8H2,1-2H3,(H,18,22)(H,19,20,21). The molecule has 118 valence electrons. The number of fused-ring (bicyclic) bond motifs is 1. The molecule has 2 N–H and O–H groups in total. The van der Waals surface area contributed by atoms with E-state index >= 15 is 0 Å². The molecule has 0 bridgehead atoms. The van der Waals surface area contributed by atoms with Crippen molar-refractivity contribution in [3.63, 3.8) is 0 Å². The number of hydrogen-bond acceptors (Lipinski definition) is 6. The van der Waals surface area contributed by atoms with Gasteiger partial charge in [0.1, 0.15) is 17.0 Å². The first-order chi connectivity index (χ1) is 11.1. The van der Waals surface area contributed by atoms with Crippen molar-refractivity contribution in [3.8, 4) is 0 Å². The number of thiophene rings is 1. The molecule has 0 atom stereocenters. The molecule has 0 fully saturated rings. The van der Waals surface area contributed by atoms with Gasteiger partial charge < -0.3 is 10.6 Å². The molecular weight excluding hydrogens is 310 g/mol. The van der Waals surface area contributed by atoms with Crippen LogP contribution < -0.4 is 10.6 Å². The van der Waals surface area contributed by atoms with Gasteiger partial charge >= 0.3 is 0 Å². The highest BCUT2D eigenvalue weighted by Crippen LogP contribution is 2.32. The van der Waals surface area contributed by atoms with Crippen molar-refractivity contribution >= 4 is 33.3 Å². The normalized spacial score (nSPS) is 10.7. The quantitative estimate of drug-likeness (QED) is 0.752. The summed E-state index contributed by atoms with van der Waals surface area (Å²) in [4.78, 5) is 26.6. The summed E-state index contributed by atoms with van der Waals surface area (Å²) < 4.78 is 0. The van der Waals surface area contributed by atoms with Gasteiger partial charge in [0.2, 0.25) is 5.91 Å². The summed E-state index contributed by atoms with van der Waals surface area (Å²) in [7, 11) is 0. The lowest BCUT2D eigenvalue weighted by molar-refractivity contribution is -0.119. The number of pyridine rings is 1. The second kappa shape index (κ2) is 6.70. The lowest BCUT2D eigenvalue weighted by atomic mass is 10.2. The van der Waals surface area contributed by atoms with Crippen molar-refractivity contribution < 1.29 is 4.79 Å². The van der Waals surface area contributed by atoms with E-state index in [9.17, 15) is 4.79 Å². The zero-order valence-electron chi connectivity index (χ0n) is 13.0. The number of amides is 1. The highest BCUT2D eigenvalue weighted by atomic mass is 32.1. The maximum Gasteiger partial charge on any atom is 0.239 e. The molecule has 0 saturated carbocycles. The number of carbonyl (C=O) groups is 1. The summed E-state index contributed by atoms with van der Waals surface area (Å²) in [6, 6.07) is 3.75. The van der Waals surface area contributed by atoms with Gasteiger partial charge in [-0.05, 0) is 37.1 Å². The van der Waals surface area contributed by atoms with Crippen LogP contribution in [0, 0.1) is 13.8 Å². The minimum Gasteiger partial charge on any atom is -0.360 e. The Balaban J connectivity index is 1.63. The van der Waals surface area contributed by atoms with Crippen LogP contribution in [0.3, 0.4) is 0 Å². The van der Waals surface area contributed by atoms with Crippen molar-refractivity contribution in [2.24, 2.45) is 0 Å². The average Bonchev–Trinajstić information content (AvgIpc) is 2.87. The maximum atomic E-state index is 12.0. The molecule has 3 aromatic rings. The molecule has 0 aromatic carbocycles. The summed E-state index contributed by atoms with van der Waals surface area (Å²) in [5.41, 5.74) is 2.17. The Morgan fingerprint density at radius 2 is 2.00 bits per heavy atom. The number of rotatable bonds is 5. The van der Waals surface area contributed by atoms with E-state index in [1.54, 1.807) is 23.7 Å². The number of nitrogens with one attached hydrogen (secondary N) is 2. The van der Waals surface area contributed by atoms with E-state index in [4.69, 9.17) is 0 Å². The van der Waals surface area contributed by atoms with E-state index in [0.717, 1.165) is 21.3 Å². The van der Waals surface area contributed by atoms with E-state index in [1.807, 2.05) is 19.1 Å². The van der Waals surface area contributed by atoms with E-state index < -0.39 is 0 Å². The summed E-state index contributed by atoms with van der Waals surface area (Å²) in [6.45, 7) is 4.77. The molecule has 6 nitrogen and oxygen atoms in total. The van der Waals surface area contributed by atoms with Gasteiger partial charge in [-0.25, -0.2) is 9.97 Å². The zero-order chi connectivity index (χ0) is 16.2. The third-order valence-electron chi connectivity index (χ3n) is 3.62. The molecule has 0 aliphatic heterocycles. The van der Waals surface area contributed by atoms with Crippen molar-refractivity contribution in [2.75, 3.05) is 11.9 Å². The highest BCUT2D eigenvalue weighted by Gasteiger charge is 2.12. The van der Waals surface area contributed by atoms with Gasteiger partial charge in [0, 0.05) is 23.8 Å². The van der Waals surface area contributed by atoms with Crippen LogP contribution in [-0.2, 0) is 11.3 Å². The van der Waals surface area contributed by atoms with Gasteiger partial charge in [-0.2, -0.15) is 0 Å². The number of aryl methyl sites for hydroxylation is 2. The van der Waals surface area contributed by atoms with Crippen molar-refractivity contribution in [3.05, 3.63) is 46.9 Å². The molecule has 23 heavy (non-hydrogen) atoms.